The first kappa shape index (κ1) is 16.1. The molecule has 0 radical (unpaired) electrons. The molecule has 1 aromatic carbocycles. The van der Waals surface area contributed by atoms with Gasteiger partial charge in [0.15, 0.2) is 0 Å². The summed E-state index contributed by atoms with van der Waals surface area (Å²) in [6.45, 7) is 6.32. The van der Waals surface area contributed by atoms with Gasteiger partial charge in [-0.2, -0.15) is 0 Å². The zero-order chi connectivity index (χ0) is 16.2. The SMILES string of the molecule is CC(NC(=O)CC(C)C1CCNCC1)c1cc2ccccc2o1. The monoisotopic (exact) mass is 314 g/mol. The average molecular weight is 314 g/mol. The summed E-state index contributed by atoms with van der Waals surface area (Å²) in [4.78, 5) is 12.3. The predicted molar refractivity (Wildman–Crippen MR) is 92.1 cm³/mol. The van der Waals surface area contributed by atoms with Crippen molar-refractivity contribution in [1.29, 1.82) is 0 Å². The van der Waals surface area contributed by atoms with Crippen molar-refractivity contribution in [3.63, 3.8) is 0 Å². The summed E-state index contributed by atoms with van der Waals surface area (Å²) < 4.78 is 5.83. The van der Waals surface area contributed by atoms with E-state index in [4.69, 9.17) is 4.42 Å². The maximum absolute atomic E-state index is 12.3. The van der Waals surface area contributed by atoms with Crippen molar-refractivity contribution >= 4 is 16.9 Å². The quantitative estimate of drug-likeness (QED) is 0.886. The smallest absolute Gasteiger partial charge is 0.220 e. The Balaban J connectivity index is 1.56. The number of hydrogen-bond donors (Lipinski definition) is 2. The van der Waals surface area contributed by atoms with E-state index in [1.807, 2.05) is 37.3 Å². The third-order valence-electron chi connectivity index (χ3n) is 4.94. The lowest BCUT2D eigenvalue weighted by Crippen LogP contribution is -2.34. The van der Waals surface area contributed by atoms with Gasteiger partial charge in [-0.05, 0) is 56.8 Å². The molecule has 1 aliphatic rings. The van der Waals surface area contributed by atoms with Crippen LogP contribution in [0.3, 0.4) is 0 Å². The van der Waals surface area contributed by atoms with Gasteiger partial charge in [-0.1, -0.05) is 25.1 Å². The molecule has 1 saturated heterocycles. The molecule has 23 heavy (non-hydrogen) atoms. The van der Waals surface area contributed by atoms with Gasteiger partial charge in [0.25, 0.3) is 0 Å². The van der Waals surface area contributed by atoms with Crippen molar-refractivity contribution in [2.24, 2.45) is 11.8 Å². The molecule has 4 heteroatoms. The molecular weight excluding hydrogens is 288 g/mol. The van der Waals surface area contributed by atoms with Crippen LogP contribution < -0.4 is 10.6 Å². The molecule has 2 heterocycles. The van der Waals surface area contributed by atoms with E-state index >= 15 is 0 Å². The number of para-hydroxylation sites is 1. The van der Waals surface area contributed by atoms with E-state index in [-0.39, 0.29) is 11.9 Å². The van der Waals surface area contributed by atoms with Crippen LogP contribution in [-0.2, 0) is 4.79 Å². The van der Waals surface area contributed by atoms with Crippen molar-refractivity contribution in [2.75, 3.05) is 13.1 Å². The Hall–Kier alpha value is -1.81. The lowest BCUT2D eigenvalue weighted by atomic mass is 9.84. The molecule has 1 aromatic heterocycles. The summed E-state index contributed by atoms with van der Waals surface area (Å²) in [5.41, 5.74) is 0.867. The number of carbonyl (C=O) groups excluding carboxylic acids is 1. The van der Waals surface area contributed by atoms with Gasteiger partial charge >= 0.3 is 0 Å². The topological polar surface area (TPSA) is 54.3 Å². The fourth-order valence-corrected chi connectivity index (χ4v) is 3.46. The Morgan fingerprint density at radius 3 is 2.78 bits per heavy atom. The van der Waals surface area contributed by atoms with Gasteiger partial charge in [0, 0.05) is 11.8 Å². The highest BCUT2D eigenvalue weighted by atomic mass is 16.3. The van der Waals surface area contributed by atoms with Crippen LogP contribution in [0.4, 0.5) is 0 Å². The first-order chi connectivity index (χ1) is 11.1. The molecule has 0 saturated carbocycles. The van der Waals surface area contributed by atoms with Crippen LogP contribution >= 0.6 is 0 Å². The summed E-state index contributed by atoms with van der Waals surface area (Å²) in [6, 6.07) is 9.83. The molecule has 2 atom stereocenters. The predicted octanol–water partition coefficient (Wildman–Crippen LogP) is 3.64. The van der Waals surface area contributed by atoms with Crippen molar-refractivity contribution in [2.45, 2.75) is 39.2 Å². The molecule has 1 amide bonds. The molecule has 3 rings (SSSR count). The zero-order valence-electron chi connectivity index (χ0n) is 14.0. The van der Waals surface area contributed by atoms with E-state index in [0.717, 1.165) is 29.8 Å². The number of hydrogen-bond acceptors (Lipinski definition) is 3. The number of rotatable bonds is 5. The van der Waals surface area contributed by atoms with Crippen LogP contribution in [0.25, 0.3) is 11.0 Å². The van der Waals surface area contributed by atoms with E-state index in [1.54, 1.807) is 0 Å². The van der Waals surface area contributed by atoms with Crippen molar-refractivity contribution < 1.29 is 9.21 Å². The lowest BCUT2D eigenvalue weighted by molar-refractivity contribution is -0.123. The van der Waals surface area contributed by atoms with Crippen LogP contribution in [0.1, 0.15) is 44.9 Å². The van der Waals surface area contributed by atoms with E-state index in [2.05, 4.69) is 17.6 Å². The molecule has 2 unspecified atom stereocenters. The van der Waals surface area contributed by atoms with Gasteiger partial charge in [-0.3, -0.25) is 4.79 Å². The molecule has 1 aliphatic heterocycles. The van der Waals surface area contributed by atoms with Crippen molar-refractivity contribution in [3.05, 3.63) is 36.1 Å². The van der Waals surface area contributed by atoms with Gasteiger partial charge < -0.3 is 15.1 Å². The molecule has 0 spiro atoms. The summed E-state index contributed by atoms with van der Waals surface area (Å²) >= 11 is 0. The third-order valence-corrected chi connectivity index (χ3v) is 4.94. The summed E-state index contributed by atoms with van der Waals surface area (Å²) in [5.74, 6) is 2.02. The Kier molecular flexibility index (Phi) is 5.01. The molecule has 0 bridgehead atoms. The minimum absolute atomic E-state index is 0.102. The molecule has 4 nitrogen and oxygen atoms in total. The number of amides is 1. The molecular formula is C19H26N2O2. The van der Waals surface area contributed by atoms with Crippen LogP contribution in [0.5, 0.6) is 0 Å². The Bertz CT molecular complexity index is 625. The number of nitrogens with one attached hydrogen (secondary N) is 2. The first-order valence-corrected chi connectivity index (χ1v) is 8.62. The van der Waals surface area contributed by atoms with E-state index < -0.39 is 0 Å². The number of piperidine rings is 1. The zero-order valence-corrected chi connectivity index (χ0v) is 14.0. The second kappa shape index (κ2) is 7.18. The fourth-order valence-electron chi connectivity index (χ4n) is 3.46. The summed E-state index contributed by atoms with van der Waals surface area (Å²) in [6.07, 6.45) is 2.94. The third kappa shape index (κ3) is 3.94. The largest absolute Gasteiger partial charge is 0.459 e. The minimum atomic E-state index is -0.102. The molecule has 2 aromatic rings. The van der Waals surface area contributed by atoms with E-state index in [9.17, 15) is 4.79 Å². The van der Waals surface area contributed by atoms with Gasteiger partial charge in [0.2, 0.25) is 5.91 Å². The van der Waals surface area contributed by atoms with Crippen LogP contribution in [0, 0.1) is 11.8 Å². The number of fused-ring (bicyclic) bond motifs is 1. The maximum atomic E-state index is 12.3. The lowest BCUT2D eigenvalue weighted by Gasteiger charge is -2.28. The highest BCUT2D eigenvalue weighted by molar-refractivity contribution is 5.79. The second-order valence-electron chi connectivity index (χ2n) is 6.74. The number of carbonyl (C=O) groups is 1. The van der Waals surface area contributed by atoms with Crippen molar-refractivity contribution in [3.8, 4) is 0 Å². The first-order valence-electron chi connectivity index (χ1n) is 8.62. The van der Waals surface area contributed by atoms with Crippen LogP contribution in [0.15, 0.2) is 34.7 Å². The molecule has 124 valence electrons. The van der Waals surface area contributed by atoms with Gasteiger partial charge in [-0.15, -0.1) is 0 Å². The van der Waals surface area contributed by atoms with Crippen LogP contribution in [-0.4, -0.2) is 19.0 Å². The highest BCUT2D eigenvalue weighted by Crippen LogP contribution is 2.26. The van der Waals surface area contributed by atoms with Crippen LogP contribution in [0.2, 0.25) is 0 Å². The molecule has 1 fully saturated rings. The maximum Gasteiger partial charge on any atom is 0.220 e. The summed E-state index contributed by atoms with van der Waals surface area (Å²) in [7, 11) is 0. The Morgan fingerprint density at radius 2 is 2.04 bits per heavy atom. The average Bonchev–Trinajstić information content (AvgIpc) is 2.99. The molecule has 0 aliphatic carbocycles. The molecule has 2 N–H and O–H groups in total. The normalized spacial score (nSPS) is 18.7. The second-order valence-corrected chi connectivity index (χ2v) is 6.74. The fraction of sp³-hybridized carbons (Fsp3) is 0.526. The Morgan fingerprint density at radius 1 is 1.30 bits per heavy atom. The minimum Gasteiger partial charge on any atom is -0.459 e. The van der Waals surface area contributed by atoms with E-state index in [0.29, 0.717) is 18.3 Å². The Labute approximate surface area is 137 Å². The summed E-state index contributed by atoms with van der Waals surface area (Å²) in [5, 5.41) is 7.53. The van der Waals surface area contributed by atoms with Crippen molar-refractivity contribution in [1.82, 2.24) is 10.6 Å². The number of furan rings is 1. The van der Waals surface area contributed by atoms with E-state index in [1.165, 1.54) is 12.8 Å². The van der Waals surface area contributed by atoms with Gasteiger partial charge in [0.05, 0.1) is 6.04 Å². The standard InChI is InChI=1S/C19H26N2O2/c1-13(15-7-9-20-10-8-15)11-19(22)21-14(2)18-12-16-5-3-4-6-17(16)23-18/h3-6,12-15,20H,7-11H2,1-2H3,(H,21,22). The van der Waals surface area contributed by atoms with Gasteiger partial charge in [-0.25, -0.2) is 0 Å². The highest BCUT2D eigenvalue weighted by Gasteiger charge is 2.23. The van der Waals surface area contributed by atoms with Gasteiger partial charge in [0.1, 0.15) is 11.3 Å². The number of benzene rings is 1.